The average Bonchev–Trinajstić information content (AvgIpc) is 3.46. The molecule has 174 valence electrons. The fourth-order valence-electron chi connectivity index (χ4n) is 4.23. The van der Waals surface area contributed by atoms with Crippen LogP contribution in [0, 0.1) is 0 Å². The van der Waals surface area contributed by atoms with E-state index in [2.05, 4.69) is 25.8 Å². The van der Waals surface area contributed by atoms with Crippen LogP contribution in [-0.2, 0) is 9.59 Å². The predicted molar refractivity (Wildman–Crippen MR) is 126 cm³/mol. The van der Waals surface area contributed by atoms with Gasteiger partial charge in [-0.05, 0) is 36.6 Å². The predicted octanol–water partition coefficient (Wildman–Crippen LogP) is 3.01. The zero-order valence-corrected chi connectivity index (χ0v) is 19.0. The number of aromatic amines is 1. The molecule has 9 nitrogen and oxygen atoms in total. The highest BCUT2D eigenvalue weighted by Gasteiger charge is 2.47. The van der Waals surface area contributed by atoms with Crippen LogP contribution in [0.5, 0.6) is 0 Å². The van der Waals surface area contributed by atoms with Gasteiger partial charge in [0.15, 0.2) is 5.82 Å². The second-order valence-corrected chi connectivity index (χ2v) is 8.94. The van der Waals surface area contributed by atoms with Crippen molar-refractivity contribution in [2.45, 2.75) is 44.7 Å². The van der Waals surface area contributed by atoms with Crippen molar-refractivity contribution in [2.75, 3.05) is 11.9 Å². The van der Waals surface area contributed by atoms with Crippen molar-refractivity contribution >= 4 is 23.4 Å². The number of carbonyl (C=O) groups is 3. The van der Waals surface area contributed by atoms with Crippen molar-refractivity contribution in [1.82, 2.24) is 25.4 Å². The number of rotatable bonds is 7. The minimum Gasteiger partial charge on any atom is -0.345 e. The van der Waals surface area contributed by atoms with Gasteiger partial charge >= 0.3 is 0 Å². The van der Waals surface area contributed by atoms with Crippen LogP contribution < -0.4 is 10.6 Å². The first-order valence-electron chi connectivity index (χ1n) is 11.4. The van der Waals surface area contributed by atoms with E-state index in [-0.39, 0.29) is 36.2 Å². The highest BCUT2D eigenvalue weighted by molar-refractivity contribution is 6.06. The third-order valence-electron chi connectivity index (χ3n) is 6.10. The lowest BCUT2D eigenvalue weighted by atomic mass is 10.0. The molecule has 1 fully saturated rings. The van der Waals surface area contributed by atoms with Gasteiger partial charge in [-0.25, -0.2) is 4.98 Å². The van der Waals surface area contributed by atoms with Gasteiger partial charge < -0.3 is 15.5 Å². The molecule has 3 amide bonds. The topological polar surface area (TPSA) is 120 Å². The van der Waals surface area contributed by atoms with Crippen molar-refractivity contribution < 1.29 is 14.4 Å². The molecule has 2 heterocycles. The van der Waals surface area contributed by atoms with E-state index in [9.17, 15) is 14.4 Å². The van der Waals surface area contributed by atoms with E-state index in [1.54, 1.807) is 29.2 Å². The van der Waals surface area contributed by atoms with Gasteiger partial charge in [-0.3, -0.25) is 19.5 Å². The maximum atomic E-state index is 13.1. The van der Waals surface area contributed by atoms with Crippen molar-refractivity contribution in [3.63, 3.8) is 0 Å². The minimum atomic E-state index is -0.709. The van der Waals surface area contributed by atoms with E-state index in [1.165, 1.54) is 0 Å². The summed E-state index contributed by atoms with van der Waals surface area (Å²) in [6, 6.07) is 13.8. The first-order valence-corrected chi connectivity index (χ1v) is 11.4. The second kappa shape index (κ2) is 8.74. The fraction of sp³-hybridized carbons (Fsp3) is 0.320. The molecule has 9 heteroatoms. The van der Waals surface area contributed by atoms with Crippen LogP contribution in [0.2, 0.25) is 0 Å². The molecule has 1 unspecified atom stereocenters. The largest absolute Gasteiger partial charge is 0.345 e. The Morgan fingerprint density at radius 3 is 2.50 bits per heavy atom. The van der Waals surface area contributed by atoms with Crippen LogP contribution in [0.1, 0.15) is 60.4 Å². The number of carbonyl (C=O) groups excluding carboxylic acids is 3. The number of hydrogen-bond acceptors (Lipinski definition) is 5. The fourth-order valence-corrected chi connectivity index (χ4v) is 4.23. The summed E-state index contributed by atoms with van der Waals surface area (Å²) in [5.74, 6) is 0.588. The van der Waals surface area contributed by atoms with Crippen LogP contribution in [-0.4, -0.2) is 50.4 Å². The van der Waals surface area contributed by atoms with Gasteiger partial charge in [0, 0.05) is 23.1 Å². The van der Waals surface area contributed by atoms with E-state index < -0.39 is 6.04 Å². The number of benzene rings is 2. The van der Waals surface area contributed by atoms with Crippen molar-refractivity contribution in [1.29, 1.82) is 0 Å². The summed E-state index contributed by atoms with van der Waals surface area (Å²) in [6.45, 7) is 3.81. The number of anilines is 1. The van der Waals surface area contributed by atoms with Gasteiger partial charge in [0.2, 0.25) is 11.8 Å². The normalized spacial score (nSPS) is 17.1. The van der Waals surface area contributed by atoms with Crippen molar-refractivity contribution in [3.05, 3.63) is 65.5 Å². The lowest BCUT2D eigenvalue weighted by Gasteiger charge is -2.24. The summed E-state index contributed by atoms with van der Waals surface area (Å²) in [7, 11) is 0. The summed E-state index contributed by atoms with van der Waals surface area (Å²) in [5, 5.41) is 12.7. The molecule has 0 saturated heterocycles. The smallest absolute Gasteiger partial charge is 0.255 e. The van der Waals surface area contributed by atoms with Gasteiger partial charge in [0.1, 0.15) is 11.9 Å². The summed E-state index contributed by atoms with van der Waals surface area (Å²) in [5.41, 5.74) is 2.48. The Morgan fingerprint density at radius 1 is 1.09 bits per heavy atom. The average molecular weight is 459 g/mol. The number of fused-ring (bicyclic) bond motifs is 1. The Bertz CT molecular complexity index is 1260. The number of H-pyrrole nitrogens is 1. The highest BCUT2D eigenvalue weighted by Crippen LogP contribution is 2.41. The Hall–Kier alpha value is -4.01. The Morgan fingerprint density at radius 2 is 1.79 bits per heavy atom. The molecule has 1 aliphatic carbocycles. The molecule has 1 aromatic heterocycles. The van der Waals surface area contributed by atoms with Gasteiger partial charge in [-0.2, -0.15) is 5.10 Å². The van der Waals surface area contributed by atoms with E-state index in [1.807, 2.05) is 38.1 Å². The monoisotopic (exact) mass is 458 g/mol. The first kappa shape index (κ1) is 21.8. The molecule has 2 aromatic carbocycles. The van der Waals surface area contributed by atoms with E-state index >= 15 is 0 Å². The number of para-hydroxylation sites is 1. The Balaban J connectivity index is 1.27. The van der Waals surface area contributed by atoms with Gasteiger partial charge in [0.25, 0.3) is 5.91 Å². The third kappa shape index (κ3) is 4.05. The maximum absolute atomic E-state index is 13.1. The lowest BCUT2D eigenvalue weighted by Crippen LogP contribution is -2.42. The number of nitrogens with one attached hydrogen (secondary N) is 3. The molecule has 1 saturated carbocycles. The van der Waals surface area contributed by atoms with Crippen LogP contribution >= 0.6 is 0 Å². The van der Waals surface area contributed by atoms with Crippen molar-refractivity contribution in [2.24, 2.45) is 0 Å². The standard InChI is InChI=1S/C25H26N6O3/c1-14(2)22-28-23(30-29-22)18-9-5-6-10-19(18)27-20(32)13-26-24(33)21-16-7-3-4-8-17(16)25(34)31(21)15-11-12-15/h3-10,14-15,21H,11-13H2,1-2H3,(H,26,33)(H,27,32)(H,28,29,30). The summed E-state index contributed by atoms with van der Waals surface area (Å²) < 4.78 is 0. The van der Waals surface area contributed by atoms with Gasteiger partial charge in [0.05, 0.1) is 12.2 Å². The number of nitrogens with zero attached hydrogens (tertiary/aromatic N) is 3. The molecular formula is C25H26N6O3. The number of hydrogen-bond donors (Lipinski definition) is 3. The Kier molecular flexibility index (Phi) is 5.61. The van der Waals surface area contributed by atoms with E-state index in [4.69, 9.17) is 0 Å². The zero-order valence-electron chi connectivity index (χ0n) is 19.0. The third-order valence-corrected chi connectivity index (χ3v) is 6.10. The van der Waals surface area contributed by atoms with Crippen LogP contribution in [0.3, 0.4) is 0 Å². The molecule has 2 aliphatic rings. The zero-order chi connectivity index (χ0) is 23.8. The van der Waals surface area contributed by atoms with Gasteiger partial charge in [-0.15, -0.1) is 0 Å². The lowest BCUT2D eigenvalue weighted by molar-refractivity contribution is -0.127. The molecule has 1 atom stereocenters. The number of amides is 3. The second-order valence-electron chi connectivity index (χ2n) is 8.94. The minimum absolute atomic E-state index is 0.0773. The van der Waals surface area contributed by atoms with Crippen LogP contribution in [0.25, 0.3) is 11.4 Å². The van der Waals surface area contributed by atoms with E-state index in [0.29, 0.717) is 28.2 Å². The summed E-state index contributed by atoms with van der Waals surface area (Å²) in [6.07, 6.45) is 1.78. The molecule has 0 radical (unpaired) electrons. The highest BCUT2D eigenvalue weighted by atomic mass is 16.2. The van der Waals surface area contributed by atoms with Gasteiger partial charge in [-0.1, -0.05) is 44.2 Å². The molecule has 5 rings (SSSR count). The summed E-state index contributed by atoms with van der Waals surface area (Å²) >= 11 is 0. The summed E-state index contributed by atoms with van der Waals surface area (Å²) in [4.78, 5) is 44.8. The van der Waals surface area contributed by atoms with Crippen molar-refractivity contribution in [3.8, 4) is 11.4 Å². The SMILES string of the molecule is CC(C)c1nc(-c2ccccc2NC(=O)CNC(=O)C2c3ccccc3C(=O)N2C2CC2)n[nH]1. The molecule has 1 aliphatic heterocycles. The first-order chi connectivity index (χ1) is 16.4. The van der Waals surface area contributed by atoms with E-state index in [0.717, 1.165) is 18.7 Å². The molecular weight excluding hydrogens is 432 g/mol. The molecule has 3 aromatic rings. The molecule has 0 bridgehead atoms. The van der Waals surface area contributed by atoms with Crippen LogP contribution in [0.4, 0.5) is 5.69 Å². The van der Waals surface area contributed by atoms with Crippen LogP contribution in [0.15, 0.2) is 48.5 Å². The molecule has 34 heavy (non-hydrogen) atoms. The number of aromatic nitrogens is 3. The maximum Gasteiger partial charge on any atom is 0.255 e. The Labute approximate surface area is 197 Å². The molecule has 0 spiro atoms. The quantitative estimate of drug-likeness (QED) is 0.503. The molecule has 3 N–H and O–H groups in total.